The topological polar surface area (TPSA) is 108 Å². The van der Waals surface area contributed by atoms with Gasteiger partial charge in [0.1, 0.15) is 13.2 Å². The van der Waals surface area contributed by atoms with Crippen LogP contribution < -0.4 is 10.2 Å². The number of rotatable bonds is 26. The fraction of sp³-hybridized carbons (Fsp3) is 0.833. The predicted octanol–water partition coefficient (Wildman–Crippen LogP) is 6.04. The molecule has 1 amide bonds. The van der Waals surface area contributed by atoms with Gasteiger partial charge in [0.25, 0.3) is 7.82 Å². The Labute approximate surface area is 239 Å². The first-order valence-corrected chi connectivity index (χ1v) is 16.7. The number of amides is 1. The highest BCUT2D eigenvalue weighted by atomic mass is 31.2. The van der Waals surface area contributed by atoms with Gasteiger partial charge in [-0.2, -0.15) is 0 Å². The number of likely N-dealkylation sites (N-methyl/N-ethyl adjacent to an activating group) is 1. The Morgan fingerprint density at radius 2 is 1.44 bits per heavy atom. The first-order chi connectivity index (χ1) is 18.5. The molecule has 0 aliphatic carbocycles. The van der Waals surface area contributed by atoms with Crippen LogP contribution >= 0.6 is 7.82 Å². The summed E-state index contributed by atoms with van der Waals surface area (Å²) in [7, 11) is 1.23. The number of unbranched alkanes of at least 4 members (excludes halogenated alkanes) is 11. The van der Waals surface area contributed by atoms with Gasteiger partial charge >= 0.3 is 0 Å². The Kier molecular flexibility index (Phi) is 23.0. The summed E-state index contributed by atoms with van der Waals surface area (Å²) in [5.41, 5.74) is 0. The van der Waals surface area contributed by atoms with Gasteiger partial charge in [-0.25, -0.2) is 0 Å². The lowest BCUT2D eigenvalue weighted by Gasteiger charge is -2.29. The molecule has 8 nitrogen and oxygen atoms in total. The summed E-state index contributed by atoms with van der Waals surface area (Å²) in [6, 6.07) is -0.892. The molecular weight excluding hydrogens is 515 g/mol. The first kappa shape index (κ1) is 38.0. The average molecular weight is 575 g/mol. The van der Waals surface area contributed by atoms with Crippen LogP contribution in [0.15, 0.2) is 24.3 Å². The number of hydrogen-bond donors (Lipinski definition) is 2. The molecule has 0 spiro atoms. The fourth-order valence-corrected chi connectivity index (χ4v) is 4.60. The zero-order valence-corrected chi connectivity index (χ0v) is 26.5. The minimum atomic E-state index is -4.56. The molecule has 0 saturated carbocycles. The minimum Gasteiger partial charge on any atom is -0.756 e. The molecule has 230 valence electrons. The van der Waals surface area contributed by atoms with E-state index in [0.717, 1.165) is 44.9 Å². The van der Waals surface area contributed by atoms with Crippen molar-refractivity contribution in [3.05, 3.63) is 24.3 Å². The average Bonchev–Trinajstić information content (AvgIpc) is 2.86. The van der Waals surface area contributed by atoms with E-state index in [9.17, 15) is 19.4 Å². The van der Waals surface area contributed by atoms with Crippen LogP contribution in [0.5, 0.6) is 0 Å². The molecule has 2 N–H and O–H groups in total. The van der Waals surface area contributed by atoms with Crippen LogP contribution in [0, 0.1) is 0 Å². The molecule has 3 atom stereocenters. The number of phosphoric acid groups is 1. The number of hydrogen-bond acceptors (Lipinski definition) is 6. The summed E-state index contributed by atoms with van der Waals surface area (Å²) in [5, 5.41) is 13.5. The summed E-state index contributed by atoms with van der Waals surface area (Å²) in [6.07, 6.45) is 22.5. The first-order valence-electron chi connectivity index (χ1n) is 15.2. The van der Waals surface area contributed by atoms with E-state index in [2.05, 4.69) is 31.3 Å². The highest BCUT2D eigenvalue weighted by molar-refractivity contribution is 7.45. The number of phosphoric ester groups is 1. The largest absolute Gasteiger partial charge is 0.756 e. The van der Waals surface area contributed by atoms with Crippen molar-refractivity contribution in [2.45, 2.75) is 122 Å². The van der Waals surface area contributed by atoms with Gasteiger partial charge in [0, 0.05) is 6.42 Å². The van der Waals surface area contributed by atoms with Crippen LogP contribution in [0.2, 0.25) is 0 Å². The maximum atomic E-state index is 12.6. The number of aliphatic hydroxyl groups excluding tert-OH is 1. The number of allylic oxidation sites excluding steroid dienone is 3. The van der Waals surface area contributed by atoms with E-state index in [-0.39, 0.29) is 12.5 Å². The summed E-state index contributed by atoms with van der Waals surface area (Å²) in [5.74, 6) is -0.218. The van der Waals surface area contributed by atoms with Crippen LogP contribution in [-0.4, -0.2) is 68.5 Å². The SMILES string of the molecule is CCC/C=C/CC/C=C/C(O)C(COP(=O)([O-])OCC[N+](C)(C)C)NC(=O)CCCCCCCCCCCC. The second kappa shape index (κ2) is 23.7. The van der Waals surface area contributed by atoms with E-state index in [0.29, 0.717) is 17.4 Å². The maximum absolute atomic E-state index is 12.6. The van der Waals surface area contributed by atoms with Crippen molar-refractivity contribution in [3.63, 3.8) is 0 Å². The molecule has 0 bridgehead atoms. The Morgan fingerprint density at radius 3 is 2.03 bits per heavy atom. The third-order valence-electron chi connectivity index (χ3n) is 6.40. The Hall–Kier alpha value is -1.02. The van der Waals surface area contributed by atoms with Gasteiger partial charge in [0.2, 0.25) is 5.91 Å². The summed E-state index contributed by atoms with van der Waals surface area (Å²) >= 11 is 0. The Balaban J connectivity index is 4.68. The quantitative estimate of drug-likeness (QED) is 0.0564. The van der Waals surface area contributed by atoms with Crippen molar-refractivity contribution < 1.29 is 32.9 Å². The van der Waals surface area contributed by atoms with E-state index < -0.39 is 26.6 Å². The van der Waals surface area contributed by atoms with E-state index in [1.807, 2.05) is 27.2 Å². The molecule has 0 aromatic heterocycles. The minimum absolute atomic E-state index is 0.00590. The van der Waals surface area contributed by atoms with Crippen molar-refractivity contribution >= 4 is 13.7 Å². The predicted molar refractivity (Wildman–Crippen MR) is 159 cm³/mol. The molecule has 0 aromatic carbocycles. The number of aliphatic hydroxyl groups is 1. The smallest absolute Gasteiger partial charge is 0.268 e. The summed E-state index contributed by atoms with van der Waals surface area (Å²) < 4.78 is 22.8. The van der Waals surface area contributed by atoms with Crippen molar-refractivity contribution in [3.8, 4) is 0 Å². The highest BCUT2D eigenvalue weighted by Gasteiger charge is 2.23. The Morgan fingerprint density at radius 1 is 0.872 bits per heavy atom. The standard InChI is InChI=1S/C30H59N2O6P/c1-6-8-10-12-14-15-16-18-20-22-24-30(34)31-28(29(33)23-21-19-17-13-11-9-7-2)27-38-39(35,36)37-26-25-32(3,4)5/h11,13,21,23,28-29,33H,6-10,12,14-20,22,24-27H2,1-5H3,(H-,31,34,35,36)/b13-11+,23-21+. The number of carbonyl (C=O) groups is 1. The summed E-state index contributed by atoms with van der Waals surface area (Å²) in [4.78, 5) is 24.8. The Bertz CT molecular complexity index is 708. The van der Waals surface area contributed by atoms with Crippen LogP contribution in [0.1, 0.15) is 110 Å². The fourth-order valence-electron chi connectivity index (χ4n) is 3.88. The maximum Gasteiger partial charge on any atom is 0.268 e. The third kappa shape index (κ3) is 25.7. The van der Waals surface area contributed by atoms with Crippen molar-refractivity contribution in [2.24, 2.45) is 0 Å². The van der Waals surface area contributed by atoms with Gasteiger partial charge in [-0.15, -0.1) is 0 Å². The second-order valence-electron chi connectivity index (χ2n) is 11.5. The molecule has 0 rings (SSSR count). The van der Waals surface area contributed by atoms with Crippen LogP contribution in [0.4, 0.5) is 0 Å². The molecule has 0 aliphatic heterocycles. The van der Waals surface area contributed by atoms with Crippen molar-refractivity contribution in [1.82, 2.24) is 5.32 Å². The lowest BCUT2D eigenvalue weighted by atomic mass is 10.1. The van der Waals surface area contributed by atoms with E-state index in [4.69, 9.17) is 9.05 Å². The lowest BCUT2D eigenvalue weighted by molar-refractivity contribution is -0.870. The van der Waals surface area contributed by atoms with Gasteiger partial charge in [0.05, 0.1) is 39.9 Å². The van der Waals surface area contributed by atoms with E-state index in [1.54, 1.807) is 6.08 Å². The lowest BCUT2D eigenvalue weighted by Crippen LogP contribution is -2.45. The molecule has 39 heavy (non-hydrogen) atoms. The monoisotopic (exact) mass is 574 g/mol. The molecule has 9 heteroatoms. The normalized spacial score (nSPS) is 15.6. The number of carbonyl (C=O) groups excluding carboxylic acids is 1. The van der Waals surface area contributed by atoms with Crippen LogP contribution in [0.25, 0.3) is 0 Å². The molecule has 0 saturated heterocycles. The molecule has 0 aliphatic rings. The zero-order valence-electron chi connectivity index (χ0n) is 25.6. The van der Waals surface area contributed by atoms with Crippen molar-refractivity contribution in [1.29, 1.82) is 0 Å². The van der Waals surface area contributed by atoms with Crippen LogP contribution in [-0.2, 0) is 18.4 Å². The highest BCUT2D eigenvalue weighted by Crippen LogP contribution is 2.38. The van der Waals surface area contributed by atoms with Crippen LogP contribution in [0.3, 0.4) is 0 Å². The molecule has 0 radical (unpaired) electrons. The molecule has 0 aromatic rings. The van der Waals surface area contributed by atoms with Gasteiger partial charge in [-0.05, 0) is 25.7 Å². The summed E-state index contributed by atoms with van der Waals surface area (Å²) in [6.45, 7) is 4.45. The van der Waals surface area contributed by atoms with Gasteiger partial charge in [0.15, 0.2) is 0 Å². The number of quaternary nitrogens is 1. The second-order valence-corrected chi connectivity index (χ2v) is 12.9. The number of nitrogens with one attached hydrogen (secondary N) is 1. The molecule has 0 fully saturated rings. The molecular formula is C30H59N2O6P. The van der Waals surface area contributed by atoms with Gasteiger partial charge in [-0.3, -0.25) is 9.36 Å². The number of nitrogens with zero attached hydrogens (tertiary/aromatic N) is 1. The molecule has 0 heterocycles. The third-order valence-corrected chi connectivity index (χ3v) is 7.36. The van der Waals surface area contributed by atoms with E-state index >= 15 is 0 Å². The van der Waals surface area contributed by atoms with Gasteiger partial charge < -0.3 is 28.8 Å². The molecule has 3 unspecified atom stereocenters. The van der Waals surface area contributed by atoms with Gasteiger partial charge in [-0.1, -0.05) is 102 Å². The van der Waals surface area contributed by atoms with Crippen molar-refractivity contribution in [2.75, 3.05) is 40.9 Å². The zero-order chi connectivity index (χ0) is 29.4. The van der Waals surface area contributed by atoms with E-state index in [1.165, 1.54) is 44.9 Å².